The van der Waals surface area contributed by atoms with Gasteiger partial charge in [-0.3, -0.25) is 4.79 Å². The highest BCUT2D eigenvalue weighted by Crippen LogP contribution is 2.28. The number of ether oxygens (including phenoxy) is 1. The number of fused-ring (bicyclic) bond motifs is 1. The summed E-state index contributed by atoms with van der Waals surface area (Å²) in [6.07, 6.45) is 0. The van der Waals surface area contributed by atoms with Gasteiger partial charge in [0.25, 0.3) is 5.91 Å². The summed E-state index contributed by atoms with van der Waals surface area (Å²) < 4.78 is 32.0. The van der Waals surface area contributed by atoms with Gasteiger partial charge in [-0.05, 0) is 37.3 Å². The molecule has 2 aromatic carbocycles. The monoisotopic (exact) mass is 390 g/mol. The molecule has 0 saturated carbocycles. The summed E-state index contributed by atoms with van der Waals surface area (Å²) in [5.74, 6) is -3.55. The van der Waals surface area contributed by atoms with Gasteiger partial charge in [-0.2, -0.15) is 0 Å². The molecule has 1 heterocycles. The number of carbonyl (C=O) groups excluding carboxylic acids is 2. The lowest BCUT2D eigenvalue weighted by Crippen LogP contribution is -2.33. The third kappa shape index (κ3) is 4.11. The van der Waals surface area contributed by atoms with Gasteiger partial charge in [-0.25, -0.2) is 18.6 Å². The number of likely N-dealkylation sites (N-methyl/N-ethyl adjacent to an activating group) is 1. The summed E-state index contributed by atoms with van der Waals surface area (Å²) >= 11 is 1.49. The molecule has 3 aromatic rings. The molecule has 0 radical (unpaired) electrons. The molecule has 0 aliphatic rings. The molecule has 0 N–H and O–H groups in total. The summed E-state index contributed by atoms with van der Waals surface area (Å²) in [5.41, 5.74) is 0.693. The number of para-hydroxylation sites is 1. The normalized spacial score (nSPS) is 12.0. The van der Waals surface area contributed by atoms with Crippen molar-refractivity contribution < 1.29 is 23.1 Å². The van der Waals surface area contributed by atoms with Gasteiger partial charge in [0.15, 0.2) is 18.2 Å². The molecule has 1 amide bonds. The Morgan fingerprint density at radius 2 is 1.93 bits per heavy atom. The number of esters is 1. The maximum absolute atomic E-state index is 13.2. The van der Waals surface area contributed by atoms with Crippen molar-refractivity contribution in [2.75, 3.05) is 13.7 Å². The van der Waals surface area contributed by atoms with Crippen molar-refractivity contribution in [3.8, 4) is 0 Å². The Kier molecular flexibility index (Phi) is 5.46. The highest BCUT2D eigenvalue weighted by atomic mass is 32.1. The van der Waals surface area contributed by atoms with Gasteiger partial charge in [0.1, 0.15) is 5.01 Å². The Bertz CT molecular complexity index is 973. The third-order valence-corrected chi connectivity index (χ3v) is 5.33. The number of hydrogen-bond donors (Lipinski definition) is 0. The zero-order valence-electron chi connectivity index (χ0n) is 14.6. The van der Waals surface area contributed by atoms with Crippen molar-refractivity contribution in [2.45, 2.75) is 13.0 Å². The fraction of sp³-hybridized carbons (Fsp3) is 0.211. The molecule has 27 heavy (non-hydrogen) atoms. The Morgan fingerprint density at radius 3 is 2.63 bits per heavy atom. The largest absolute Gasteiger partial charge is 0.452 e. The molecule has 0 bridgehead atoms. The molecule has 140 valence electrons. The lowest BCUT2D eigenvalue weighted by molar-refractivity contribution is -0.135. The highest BCUT2D eigenvalue weighted by molar-refractivity contribution is 7.18. The van der Waals surface area contributed by atoms with E-state index >= 15 is 0 Å². The Hall–Kier alpha value is -2.87. The van der Waals surface area contributed by atoms with Crippen LogP contribution in [0.25, 0.3) is 10.2 Å². The van der Waals surface area contributed by atoms with E-state index in [0.29, 0.717) is 0 Å². The Morgan fingerprint density at radius 1 is 1.19 bits per heavy atom. The van der Waals surface area contributed by atoms with Crippen LogP contribution in [-0.2, 0) is 9.53 Å². The summed E-state index contributed by atoms with van der Waals surface area (Å²) in [6, 6.07) is 10.0. The number of benzene rings is 2. The molecule has 0 fully saturated rings. The smallest absolute Gasteiger partial charge is 0.338 e. The number of thiazole rings is 1. The SMILES string of the molecule is C[C@@H](c1nc2ccccc2s1)N(C)C(=O)COC(=O)c1ccc(F)c(F)c1. The van der Waals surface area contributed by atoms with Crippen LogP contribution in [0, 0.1) is 11.6 Å². The summed E-state index contributed by atoms with van der Waals surface area (Å²) in [5, 5.41) is 0.763. The maximum Gasteiger partial charge on any atom is 0.338 e. The number of aromatic nitrogens is 1. The van der Waals surface area contributed by atoms with Gasteiger partial charge < -0.3 is 9.64 Å². The van der Waals surface area contributed by atoms with E-state index in [4.69, 9.17) is 4.74 Å². The molecule has 1 aromatic heterocycles. The Balaban J connectivity index is 1.62. The van der Waals surface area contributed by atoms with Crippen molar-refractivity contribution >= 4 is 33.4 Å². The van der Waals surface area contributed by atoms with Crippen LogP contribution in [0.2, 0.25) is 0 Å². The average Bonchev–Trinajstić information content (AvgIpc) is 3.11. The molecule has 5 nitrogen and oxygen atoms in total. The molecular weight excluding hydrogens is 374 g/mol. The van der Waals surface area contributed by atoms with Gasteiger partial charge in [0, 0.05) is 7.05 Å². The molecule has 8 heteroatoms. The van der Waals surface area contributed by atoms with Gasteiger partial charge >= 0.3 is 5.97 Å². The standard InChI is InChI=1S/C19H16F2N2O3S/c1-11(18-22-15-5-3-4-6-16(15)27-18)23(2)17(24)10-26-19(25)12-7-8-13(20)14(21)9-12/h3-9,11H,10H2,1-2H3/t11-/m0/s1. The van der Waals surface area contributed by atoms with E-state index < -0.39 is 30.1 Å². The first-order valence-corrected chi connectivity index (χ1v) is 8.91. The molecular formula is C19H16F2N2O3S. The van der Waals surface area contributed by atoms with Crippen LogP contribution < -0.4 is 0 Å². The van der Waals surface area contributed by atoms with Gasteiger partial charge in [0.2, 0.25) is 0 Å². The lowest BCUT2D eigenvalue weighted by atomic mass is 10.2. The summed E-state index contributed by atoms with van der Waals surface area (Å²) in [7, 11) is 1.59. The number of amides is 1. The molecule has 0 saturated heterocycles. The van der Waals surface area contributed by atoms with Gasteiger partial charge in [-0.1, -0.05) is 12.1 Å². The van der Waals surface area contributed by atoms with Crippen LogP contribution in [0.3, 0.4) is 0 Å². The molecule has 0 spiro atoms. The number of carbonyl (C=O) groups is 2. The van der Waals surface area contributed by atoms with Crippen molar-refractivity contribution in [2.24, 2.45) is 0 Å². The van der Waals surface area contributed by atoms with E-state index in [1.54, 1.807) is 7.05 Å². The highest BCUT2D eigenvalue weighted by Gasteiger charge is 2.22. The molecule has 0 aliphatic heterocycles. The first kappa shape index (κ1) is 18.9. The van der Waals surface area contributed by atoms with E-state index in [9.17, 15) is 18.4 Å². The molecule has 0 aliphatic carbocycles. The van der Waals surface area contributed by atoms with Crippen molar-refractivity contribution in [1.29, 1.82) is 0 Å². The minimum Gasteiger partial charge on any atom is -0.452 e. The molecule has 0 unspecified atom stereocenters. The zero-order chi connectivity index (χ0) is 19.6. The minimum atomic E-state index is -1.16. The van der Waals surface area contributed by atoms with Crippen LogP contribution in [0.5, 0.6) is 0 Å². The third-order valence-electron chi connectivity index (χ3n) is 4.12. The fourth-order valence-corrected chi connectivity index (χ4v) is 3.45. The topological polar surface area (TPSA) is 59.5 Å². The lowest BCUT2D eigenvalue weighted by Gasteiger charge is -2.23. The van der Waals surface area contributed by atoms with Crippen LogP contribution >= 0.6 is 11.3 Å². The zero-order valence-corrected chi connectivity index (χ0v) is 15.4. The average molecular weight is 390 g/mol. The second-order valence-corrected chi connectivity index (χ2v) is 6.97. The maximum atomic E-state index is 13.2. The number of rotatable bonds is 5. The fourth-order valence-electron chi connectivity index (χ4n) is 2.39. The predicted molar refractivity (Wildman–Crippen MR) is 97.4 cm³/mol. The molecule has 3 rings (SSSR count). The second kappa shape index (κ2) is 7.79. The van der Waals surface area contributed by atoms with E-state index in [0.717, 1.165) is 33.4 Å². The van der Waals surface area contributed by atoms with Crippen LogP contribution in [0.4, 0.5) is 8.78 Å². The van der Waals surface area contributed by atoms with E-state index in [1.165, 1.54) is 16.2 Å². The summed E-state index contributed by atoms with van der Waals surface area (Å²) in [4.78, 5) is 30.2. The Labute approximate surface area is 158 Å². The van der Waals surface area contributed by atoms with Crippen molar-refractivity contribution in [3.63, 3.8) is 0 Å². The van der Waals surface area contributed by atoms with Gasteiger partial charge in [0.05, 0.1) is 21.8 Å². The first-order valence-electron chi connectivity index (χ1n) is 8.10. The van der Waals surface area contributed by atoms with E-state index in [1.807, 2.05) is 31.2 Å². The second-order valence-electron chi connectivity index (χ2n) is 5.91. The number of nitrogens with zero attached hydrogens (tertiary/aromatic N) is 2. The van der Waals surface area contributed by atoms with Crippen LogP contribution in [0.1, 0.15) is 28.3 Å². The quantitative estimate of drug-likeness (QED) is 0.619. The van der Waals surface area contributed by atoms with Crippen molar-refractivity contribution in [1.82, 2.24) is 9.88 Å². The number of halogens is 2. The molecule has 1 atom stereocenters. The summed E-state index contributed by atoms with van der Waals surface area (Å²) in [6.45, 7) is 1.32. The van der Waals surface area contributed by atoms with E-state index in [-0.39, 0.29) is 11.6 Å². The predicted octanol–water partition coefficient (Wildman–Crippen LogP) is 3.95. The first-order chi connectivity index (χ1) is 12.9. The minimum absolute atomic E-state index is 0.163. The van der Waals surface area contributed by atoms with Gasteiger partial charge in [-0.15, -0.1) is 11.3 Å². The van der Waals surface area contributed by atoms with Crippen LogP contribution in [0.15, 0.2) is 42.5 Å². The van der Waals surface area contributed by atoms with Crippen molar-refractivity contribution in [3.05, 3.63) is 64.7 Å². The van der Waals surface area contributed by atoms with Crippen LogP contribution in [-0.4, -0.2) is 35.4 Å². The number of hydrogen-bond acceptors (Lipinski definition) is 5. The van der Waals surface area contributed by atoms with E-state index in [2.05, 4.69) is 4.98 Å².